The molecule has 0 saturated heterocycles. The number of nitrogens with zero attached hydrogens (tertiary/aromatic N) is 3. The van der Waals surface area contributed by atoms with E-state index in [9.17, 15) is 24.5 Å². The molecule has 2 aromatic heterocycles. The molecule has 0 aliphatic carbocycles. The Bertz CT molecular complexity index is 842. The number of carboxylic acid groups (broad SMARTS) is 1. The smallest absolute Gasteiger partial charge is 0.371 e. The summed E-state index contributed by atoms with van der Waals surface area (Å²) in [5.74, 6) is -1.65. The molecule has 0 bridgehead atoms. The Morgan fingerprint density at radius 1 is 1.43 bits per heavy atom. The molecule has 0 aliphatic rings. The van der Waals surface area contributed by atoms with E-state index in [2.05, 4.69) is 0 Å². The predicted octanol–water partition coefficient (Wildman–Crippen LogP) is -0.205. The van der Waals surface area contributed by atoms with Crippen molar-refractivity contribution in [3.63, 3.8) is 0 Å². The van der Waals surface area contributed by atoms with Gasteiger partial charge in [0, 0.05) is 7.05 Å². The summed E-state index contributed by atoms with van der Waals surface area (Å²) in [4.78, 5) is 44.3. The molecule has 0 unspecified atom stereocenters. The standard InChI is InChI=1S/C11H9N3O7/c1-12-5-7(14(19)20)9(15)13(11(12)18)4-6-2-3-8(21-6)10(16)17/h2-3,5H,4H2,1H3,(H,16,17). The van der Waals surface area contributed by atoms with Crippen molar-refractivity contribution in [3.8, 4) is 0 Å². The Balaban J connectivity index is 2.53. The highest BCUT2D eigenvalue weighted by molar-refractivity contribution is 5.84. The van der Waals surface area contributed by atoms with Crippen LogP contribution in [-0.4, -0.2) is 25.1 Å². The third kappa shape index (κ3) is 2.59. The Labute approximate surface area is 115 Å². The third-order valence-electron chi connectivity index (χ3n) is 2.70. The van der Waals surface area contributed by atoms with Crippen LogP contribution in [0, 0.1) is 10.1 Å². The van der Waals surface area contributed by atoms with Crippen LogP contribution in [-0.2, 0) is 13.6 Å². The number of aromatic carboxylic acids is 1. The molecule has 0 aromatic carbocycles. The summed E-state index contributed by atoms with van der Waals surface area (Å²) >= 11 is 0. The van der Waals surface area contributed by atoms with Crippen LogP contribution >= 0.6 is 0 Å². The van der Waals surface area contributed by atoms with E-state index in [1.54, 1.807) is 0 Å². The Morgan fingerprint density at radius 2 is 2.10 bits per heavy atom. The first kappa shape index (κ1) is 14.2. The maximum Gasteiger partial charge on any atom is 0.371 e. The molecule has 0 fully saturated rings. The maximum atomic E-state index is 11.9. The van der Waals surface area contributed by atoms with Gasteiger partial charge in [-0.3, -0.25) is 19.5 Å². The first-order valence-corrected chi connectivity index (χ1v) is 5.58. The first-order valence-electron chi connectivity index (χ1n) is 5.58. The average molecular weight is 295 g/mol. The van der Waals surface area contributed by atoms with Gasteiger partial charge in [0.25, 0.3) is 0 Å². The maximum absolute atomic E-state index is 11.9. The number of carboxylic acids is 1. The van der Waals surface area contributed by atoms with Gasteiger partial charge >= 0.3 is 22.9 Å². The lowest BCUT2D eigenvalue weighted by Crippen LogP contribution is -2.39. The zero-order chi connectivity index (χ0) is 15.7. The average Bonchev–Trinajstić information content (AvgIpc) is 2.87. The molecule has 0 aliphatic heterocycles. The van der Waals surface area contributed by atoms with Gasteiger partial charge in [-0.05, 0) is 12.1 Å². The molecule has 10 heteroatoms. The first-order chi connectivity index (χ1) is 9.81. The summed E-state index contributed by atoms with van der Waals surface area (Å²) in [5.41, 5.74) is -2.63. The summed E-state index contributed by atoms with van der Waals surface area (Å²) in [7, 11) is 1.26. The minimum absolute atomic E-state index is 0.0205. The molecule has 1 N–H and O–H groups in total. The van der Waals surface area contributed by atoms with Crippen LogP contribution in [0.3, 0.4) is 0 Å². The second-order valence-electron chi connectivity index (χ2n) is 4.13. The Hall–Kier alpha value is -3.17. The number of hydrogen-bond acceptors (Lipinski definition) is 6. The normalized spacial score (nSPS) is 10.5. The van der Waals surface area contributed by atoms with E-state index < -0.39 is 34.4 Å². The van der Waals surface area contributed by atoms with Crippen molar-refractivity contribution in [1.29, 1.82) is 0 Å². The van der Waals surface area contributed by atoms with Crippen LogP contribution in [0.25, 0.3) is 0 Å². The molecular formula is C11H9N3O7. The number of aromatic nitrogens is 2. The van der Waals surface area contributed by atoms with E-state index >= 15 is 0 Å². The van der Waals surface area contributed by atoms with E-state index in [4.69, 9.17) is 9.52 Å². The fourth-order valence-electron chi connectivity index (χ4n) is 1.71. The Morgan fingerprint density at radius 3 is 2.62 bits per heavy atom. The highest BCUT2D eigenvalue weighted by Crippen LogP contribution is 2.09. The molecule has 2 rings (SSSR count). The van der Waals surface area contributed by atoms with Crippen molar-refractivity contribution >= 4 is 11.7 Å². The van der Waals surface area contributed by atoms with E-state index in [-0.39, 0.29) is 11.5 Å². The summed E-state index contributed by atoms with van der Waals surface area (Å²) in [5, 5.41) is 19.5. The zero-order valence-corrected chi connectivity index (χ0v) is 10.7. The highest BCUT2D eigenvalue weighted by Gasteiger charge is 2.20. The van der Waals surface area contributed by atoms with Gasteiger partial charge in [0.2, 0.25) is 5.76 Å². The van der Waals surface area contributed by atoms with Gasteiger partial charge in [0.1, 0.15) is 5.76 Å². The van der Waals surface area contributed by atoms with Crippen molar-refractivity contribution in [3.05, 3.63) is 60.8 Å². The van der Waals surface area contributed by atoms with Gasteiger partial charge in [0.05, 0.1) is 17.7 Å². The molecule has 0 amide bonds. The number of carbonyl (C=O) groups is 1. The fraction of sp³-hybridized carbons (Fsp3) is 0.182. The SMILES string of the molecule is Cn1cc([N+](=O)[O-])c(=O)n(Cc2ccc(C(=O)O)o2)c1=O. The van der Waals surface area contributed by atoms with Crippen molar-refractivity contribution in [2.45, 2.75) is 6.54 Å². The van der Waals surface area contributed by atoms with Crippen molar-refractivity contribution in [1.82, 2.24) is 9.13 Å². The second-order valence-corrected chi connectivity index (χ2v) is 4.13. The van der Waals surface area contributed by atoms with E-state index in [1.165, 1.54) is 13.1 Å². The topological polar surface area (TPSA) is 138 Å². The van der Waals surface area contributed by atoms with Crippen molar-refractivity contribution < 1.29 is 19.2 Å². The molecule has 21 heavy (non-hydrogen) atoms. The molecule has 110 valence electrons. The van der Waals surface area contributed by atoms with Crippen LogP contribution in [0.4, 0.5) is 5.69 Å². The molecule has 10 nitrogen and oxygen atoms in total. The minimum atomic E-state index is -1.31. The van der Waals surface area contributed by atoms with Gasteiger partial charge in [-0.25, -0.2) is 14.2 Å². The predicted molar refractivity (Wildman–Crippen MR) is 67.4 cm³/mol. The van der Waals surface area contributed by atoms with Crippen molar-refractivity contribution in [2.75, 3.05) is 0 Å². The number of rotatable bonds is 4. The summed E-state index contributed by atoms with van der Waals surface area (Å²) in [6, 6.07) is 2.43. The number of aryl methyl sites for hydroxylation is 1. The second kappa shape index (κ2) is 5.07. The minimum Gasteiger partial charge on any atom is -0.475 e. The molecular weight excluding hydrogens is 286 g/mol. The largest absolute Gasteiger partial charge is 0.475 e. The highest BCUT2D eigenvalue weighted by atomic mass is 16.6. The fourth-order valence-corrected chi connectivity index (χ4v) is 1.71. The van der Waals surface area contributed by atoms with Crippen LogP contribution in [0.5, 0.6) is 0 Å². The molecule has 0 spiro atoms. The molecule has 0 radical (unpaired) electrons. The quantitative estimate of drug-likeness (QED) is 0.608. The number of hydrogen-bond donors (Lipinski definition) is 1. The molecule has 0 saturated carbocycles. The summed E-state index contributed by atoms with van der Waals surface area (Å²) in [6.07, 6.45) is 0.825. The van der Waals surface area contributed by atoms with Crippen LogP contribution in [0.15, 0.2) is 32.3 Å². The van der Waals surface area contributed by atoms with E-state index in [1.807, 2.05) is 0 Å². The van der Waals surface area contributed by atoms with Gasteiger partial charge < -0.3 is 9.52 Å². The van der Waals surface area contributed by atoms with Crippen LogP contribution in [0.1, 0.15) is 16.3 Å². The summed E-state index contributed by atoms with van der Waals surface area (Å²) < 4.78 is 6.41. The van der Waals surface area contributed by atoms with E-state index in [0.29, 0.717) is 4.57 Å². The lowest BCUT2D eigenvalue weighted by Gasteiger charge is -2.05. The zero-order valence-electron chi connectivity index (χ0n) is 10.7. The van der Waals surface area contributed by atoms with Gasteiger partial charge in [-0.2, -0.15) is 0 Å². The lowest BCUT2D eigenvalue weighted by molar-refractivity contribution is -0.387. The summed E-state index contributed by atoms with van der Waals surface area (Å²) in [6.45, 7) is -0.402. The molecule has 2 aromatic rings. The van der Waals surface area contributed by atoms with E-state index in [0.717, 1.165) is 16.8 Å². The third-order valence-corrected chi connectivity index (χ3v) is 2.70. The number of nitro groups is 1. The number of furan rings is 1. The Kier molecular flexibility index (Phi) is 3.44. The molecule has 0 atom stereocenters. The van der Waals surface area contributed by atoms with Crippen LogP contribution in [0.2, 0.25) is 0 Å². The van der Waals surface area contributed by atoms with Gasteiger partial charge in [-0.15, -0.1) is 0 Å². The molecule has 2 heterocycles. The lowest BCUT2D eigenvalue weighted by atomic mass is 10.4. The monoisotopic (exact) mass is 295 g/mol. The van der Waals surface area contributed by atoms with Crippen molar-refractivity contribution in [2.24, 2.45) is 7.05 Å². The van der Waals surface area contributed by atoms with Gasteiger partial charge in [-0.1, -0.05) is 0 Å². The van der Waals surface area contributed by atoms with Crippen LogP contribution < -0.4 is 11.2 Å². The van der Waals surface area contributed by atoms with Gasteiger partial charge in [0.15, 0.2) is 0 Å².